The summed E-state index contributed by atoms with van der Waals surface area (Å²) in [5.74, 6) is -0.931. The third-order valence-electron chi connectivity index (χ3n) is 4.96. The fraction of sp³-hybridized carbons (Fsp3) is 0.579. The first kappa shape index (κ1) is 27.0. The average molecular weight is 479 g/mol. The van der Waals surface area contributed by atoms with Gasteiger partial charge in [-0.1, -0.05) is 18.5 Å². The van der Waals surface area contributed by atoms with Crippen molar-refractivity contribution in [2.75, 3.05) is 45.3 Å². The minimum atomic E-state index is -3.92. The van der Waals surface area contributed by atoms with Crippen LogP contribution in [0.4, 0.5) is 5.69 Å². The molecule has 1 aliphatic rings. The Morgan fingerprint density at radius 3 is 2.32 bits per heavy atom. The Morgan fingerprint density at radius 1 is 1.32 bits per heavy atom. The summed E-state index contributed by atoms with van der Waals surface area (Å²) in [6, 6.07) is 3.01. The molecule has 1 aliphatic heterocycles. The number of quaternary nitrogens is 1. The standard InChI is InChI=1S/C18H26ClN3O4.CH4O3S/c1-3-6-22(11-17(23)24)7-4-12(5-8-22)21-18(25)13-9-14(19)15(20)10-16(13)26-2;1-5(2,3)4/h9-10,12H,3-8,11H2,1-2H3,(H3-,20,21,23,24,25);1H3,(H,2,3,4)/p-1. The Balaban J connectivity index is 0.000000861. The van der Waals surface area contributed by atoms with Gasteiger partial charge in [0, 0.05) is 31.2 Å². The van der Waals surface area contributed by atoms with E-state index in [1.807, 2.05) is 6.92 Å². The molecule has 0 aromatic heterocycles. The van der Waals surface area contributed by atoms with Gasteiger partial charge in [0.25, 0.3) is 5.91 Å². The number of nitrogens with two attached hydrogens (primary N) is 1. The smallest absolute Gasteiger partial charge is 0.255 e. The minimum Gasteiger partial charge on any atom is -0.748 e. The Kier molecular flexibility index (Phi) is 10.0. The van der Waals surface area contributed by atoms with E-state index in [2.05, 4.69) is 5.32 Å². The lowest BCUT2D eigenvalue weighted by Crippen LogP contribution is -2.60. The molecule has 12 heteroatoms. The Bertz CT molecular complexity index is 877. The van der Waals surface area contributed by atoms with Crippen LogP contribution in [0.25, 0.3) is 0 Å². The second-order valence-corrected chi connectivity index (χ2v) is 9.38. The molecule has 1 heterocycles. The number of nitrogens with one attached hydrogen (secondary N) is 1. The fourth-order valence-electron chi connectivity index (χ4n) is 3.65. The molecule has 1 saturated heterocycles. The van der Waals surface area contributed by atoms with E-state index in [-0.39, 0.29) is 18.5 Å². The number of rotatable bonds is 7. The molecule has 1 aromatic carbocycles. The molecular formula is C19H29ClN3O7S-. The maximum Gasteiger partial charge on any atom is 0.255 e. The van der Waals surface area contributed by atoms with Gasteiger partial charge in [0.2, 0.25) is 0 Å². The molecule has 3 N–H and O–H groups in total. The lowest BCUT2D eigenvalue weighted by atomic mass is 10.0. The SMILES string of the molecule is CCC[N+]1(CC(=O)[O-])CCC(NC(=O)c2cc(Cl)c(N)cc2OC)CC1.CS(=O)(=O)[O-]. The number of benzene rings is 1. The zero-order valence-corrected chi connectivity index (χ0v) is 19.4. The predicted octanol–water partition coefficient (Wildman–Crippen LogP) is -0.0389. The van der Waals surface area contributed by atoms with Gasteiger partial charge in [-0.25, -0.2) is 8.42 Å². The van der Waals surface area contributed by atoms with E-state index in [0.29, 0.717) is 58.7 Å². The Morgan fingerprint density at radius 2 is 1.87 bits per heavy atom. The number of amides is 1. The van der Waals surface area contributed by atoms with Crippen molar-refractivity contribution >= 4 is 39.3 Å². The lowest BCUT2D eigenvalue weighted by Gasteiger charge is -2.44. The number of ether oxygens (including phenoxy) is 1. The van der Waals surface area contributed by atoms with Gasteiger partial charge in [-0.3, -0.25) is 4.79 Å². The molecule has 1 amide bonds. The molecule has 0 spiro atoms. The van der Waals surface area contributed by atoms with E-state index in [0.717, 1.165) is 13.0 Å². The summed E-state index contributed by atoms with van der Waals surface area (Å²) in [5, 5.41) is 14.4. The number of anilines is 1. The van der Waals surface area contributed by atoms with Crippen LogP contribution < -0.4 is 20.9 Å². The Labute approximate surface area is 187 Å². The van der Waals surface area contributed by atoms with Crippen molar-refractivity contribution in [3.63, 3.8) is 0 Å². The third-order valence-corrected chi connectivity index (χ3v) is 5.29. The van der Waals surface area contributed by atoms with Crippen LogP contribution >= 0.6 is 11.6 Å². The van der Waals surface area contributed by atoms with Crippen LogP contribution in [0.3, 0.4) is 0 Å². The highest BCUT2D eigenvalue weighted by Gasteiger charge is 2.34. The molecule has 0 atom stereocenters. The number of carbonyl (C=O) groups is 2. The van der Waals surface area contributed by atoms with Crippen LogP contribution in [-0.4, -0.2) is 74.9 Å². The van der Waals surface area contributed by atoms with Gasteiger partial charge < -0.3 is 34.7 Å². The van der Waals surface area contributed by atoms with Crippen LogP contribution in [0.15, 0.2) is 12.1 Å². The highest BCUT2D eigenvalue weighted by molar-refractivity contribution is 7.84. The van der Waals surface area contributed by atoms with Crippen molar-refractivity contribution in [3.05, 3.63) is 22.7 Å². The van der Waals surface area contributed by atoms with Gasteiger partial charge in [-0.2, -0.15) is 0 Å². The summed E-state index contributed by atoms with van der Waals surface area (Å²) < 4.78 is 33.0. The van der Waals surface area contributed by atoms with Crippen molar-refractivity contribution < 1.29 is 36.9 Å². The number of halogens is 1. The van der Waals surface area contributed by atoms with Gasteiger partial charge in [-0.05, 0) is 12.5 Å². The first-order valence-electron chi connectivity index (χ1n) is 9.70. The molecule has 10 nitrogen and oxygen atoms in total. The molecule has 0 radical (unpaired) electrons. The molecular weight excluding hydrogens is 450 g/mol. The molecule has 31 heavy (non-hydrogen) atoms. The van der Waals surface area contributed by atoms with Crippen LogP contribution in [0.5, 0.6) is 5.75 Å². The normalized spacial score (nSPS) is 20.9. The van der Waals surface area contributed by atoms with Crippen LogP contribution in [0, 0.1) is 0 Å². The van der Waals surface area contributed by atoms with E-state index >= 15 is 0 Å². The maximum absolute atomic E-state index is 12.6. The minimum absolute atomic E-state index is 0.0200. The Hall–Kier alpha value is -2.08. The number of nitrogens with zero attached hydrogens (tertiary/aromatic N) is 1. The van der Waals surface area contributed by atoms with Crippen molar-refractivity contribution in [2.45, 2.75) is 32.2 Å². The molecule has 0 bridgehead atoms. The van der Waals surface area contributed by atoms with Crippen LogP contribution in [0.2, 0.25) is 5.02 Å². The zero-order chi connectivity index (χ0) is 23.8. The number of nitrogen functional groups attached to an aromatic ring is 1. The third kappa shape index (κ3) is 9.30. The van der Waals surface area contributed by atoms with Crippen molar-refractivity contribution in [1.82, 2.24) is 5.32 Å². The number of carbonyl (C=O) groups excluding carboxylic acids is 2. The summed E-state index contributed by atoms with van der Waals surface area (Å²) in [5.41, 5.74) is 6.43. The van der Waals surface area contributed by atoms with Gasteiger partial charge in [-0.15, -0.1) is 0 Å². The van der Waals surface area contributed by atoms with Gasteiger partial charge in [0.05, 0.1) is 59.1 Å². The molecule has 1 fully saturated rings. The second-order valence-electron chi connectivity index (χ2n) is 7.57. The topological polar surface area (TPSA) is 162 Å². The van der Waals surface area contributed by atoms with E-state index in [1.165, 1.54) is 19.2 Å². The maximum atomic E-state index is 12.6. The number of carboxylic acids is 1. The molecule has 0 saturated carbocycles. The highest BCUT2D eigenvalue weighted by Crippen LogP contribution is 2.29. The van der Waals surface area contributed by atoms with Crippen molar-refractivity contribution in [2.24, 2.45) is 0 Å². The molecule has 2 rings (SSSR count). The second kappa shape index (κ2) is 11.5. The largest absolute Gasteiger partial charge is 0.748 e. The first-order valence-corrected chi connectivity index (χ1v) is 11.9. The summed E-state index contributed by atoms with van der Waals surface area (Å²) in [6.07, 6.45) is 2.94. The van der Waals surface area contributed by atoms with E-state index in [9.17, 15) is 14.7 Å². The quantitative estimate of drug-likeness (QED) is 0.313. The molecule has 0 unspecified atom stereocenters. The lowest BCUT2D eigenvalue weighted by molar-refractivity contribution is -0.927. The van der Waals surface area contributed by atoms with Crippen molar-refractivity contribution in [1.29, 1.82) is 0 Å². The van der Waals surface area contributed by atoms with Crippen LogP contribution in [0.1, 0.15) is 36.5 Å². The number of carboxylic acid groups (broad SMARTS) is 1. The number of hydrogen-bond donors (Lipinski definition) is 2. The summed E-state index contributed by atoms with van der Waals surface area (Å²) >= 11 is 6.03. The first-order chi connectivity index (χ1) is 14.3. The van der Waals surface area contributed by atoms with E-state index in [1.54, 1.807) is 0 Å². The number of hydrogen-bond acceptors (Lipinski definition) is 8. The molecule has 1 aromatic rings. The number of methoxy groups -OCH3 is 1. The van der Waals surface area contributed by atoms with Gasteiger partial charge in [0.1, 0.15) is 12.3 Å². The predicted molar refractivity (Wildman–Crippen MR) is 114 cm³/mol. The van der Waals surface area contributed by atoms with Crippen LogP contribution in [-0.2, 0) is 14.9 Å². The average Bonchev–Trinajstić information content (AvgIpc) is 2.64. The summed E-state index contributed by atoms with van der Waals surface area (Å²) in [6.45, 7) is 4.27. The van der Waals surface area contributed by atoms with Gasteiger partial charge in [0.15, 0.2) is 0 Å². The molecule has 0 aliphatic carbocycles. The number of likely N-dealkylation sites (tertiary alicyclic amines) is 1. The van der Waals surface area contributed by atoms with Gasteiger partial charge >= 0.3 is 0 Å². The van der Waals surface area contributed by atoms with E-state index < -0.39 is 16.1 Å². The molecule has 176 valence electrons. The summed E-state index contributed by atoms with van der Waals surface area (Å²) in [7, 11) is -2.45. The van der Waals surface area contributed by atoms with Crippen molar-refractivity contribution in [3.8, 4) is 5.75 Å². The summed E-state index contributed by atoms with van der Waals surface area (Å²) in [4.78, 5) is 23.7. The number of piperidine rings is 1. The van der Waals surface area contributed by atoms with E-state index in [4.69, 9.17) is 35.0 Å². The monoisotopic (exact) mass is 478 g/mol. The fourth-order valence-corrected chi connectivity index (χ4v) is 3.81. The highest BCUT2D eigenvalue weighted by atomic mass is 35.5. The number of aliphatic carboxylic acids is 1. The zero-order valence-electron chi connectivity index (χ0n) is 17.9.